The molecule has 4 rings (SSSR count). The van der Waals surface area contributed by atoms with E-state index in [1.54, 1.807) is 12.1 Å². The highest BCUT2D eigenvalue weighted by Gasteiger charge is 2.22. The SMILES string of the molecule is CCOc1cc(N2CCOCC2)c(OCC)cc1NC(=O)c1cc(-c2ccc(C)cc2)no1. The van der Waals surface area contributed by atoms with Gasteiger partial charge in [0.15, 0.2) is 0 Å². The summed E-state index contributed by atoms with van der Waals surface area (Å²) in [6.07, 6.45) is 0. The van der Waals surface area contributed by atoms with Crippen molar-refractivity contribution in [3.8, 4) is 22.8 Å². The van der Waals surface area contributed by atoms with E-state index in [-0.39, 0.29) is 5.76 Å². The van der Waals surface area contributed by atoms with Gasteiger partial charge >= 0.3 is 0 Å². The highest BCUT2D eigenvalue weighted by Crippen LogP contribution is 2.39. The molecule has 1 aliphatic rings. The van der Waals surface area contributed by atoms with Gasteiger partial charge < -0.3 is 29.0 Å². The van der Waals surface area contributed by atoms with Gasteiger partial charge in [0.05, 0.1) is 37.8 Å². The number of ether oxygens (including phenoxy) is 3. The van der Waals surface area contributed by atoms with Crippen molar-refractivity contribution >= 4 is 17.3 Å². The number of amides is 1. The molecule has 3 aromatic rings. The van der Waals surface area contributed by atoms with Crippen LogP contribution in [0.1, 0.15) is 30.0 Å². The van der Waals surface area contributed by atoms with E-state index in [1.807, 2.05) is 51.1 Å². The normalized spacial score (nSPS) is 13.6. The molecule has 0 atom stereocenters. The van der Waals surface area contributed by atoms with Crippen molar-refractivity contribution in [1.82, 2.24) is 5.16 Å². The van der Waals surface area contributed by atoms with Gasteiger partial charge in [-0.1, -0.05) is 35.0 Å². The lowest BCUT2D eigenvalue weighted by Gasteiger charge is -2.31. The van der Waals surface area contributed by atoms with Gasteiger partial charge in [-0.3, -0.25) is 4.79 Å². The second kappa shape index (κ2) is 10.4. The Labute approximate surface area is 193 Å². The molecule has 1 aromatic heterocycles. The average Bonchev–Trinajstić information content (AvgIpc) is 3.32. The van der Waals surface area contributed by atoms with Crippen LogP contribution in [0.25, 0.3) is 11.3 Å². The van der Waals surface area contributed by atoms with Crippen molar-refractivity contribution in [3.05, 3.63) is 53.8 Å². The Bertz CT molecular complexity index is 1090. The molecule has 1 fully saturated rings. The van der Waals surface area contributed by atoms with E-state index in [2.05, 4.69) is 15.4 Å². The monoisotopic (exact) mass is 451 g/mol. The number of hydrogen-bond donors (Lipinski definition) is 1. The van der Waals surface area contributed by atoms with Gasteiger partial charge in [0, 0.05) is 36.9 Å². The van der Waals surface area contributed by atoms with E-state index in [0.717, 1.165) is 29.9 Å². The molecule has 0 saturated carbocycles. The van der Waals surface area contributed by atoms with Crippen LogP contribution < -0.4 is 19.7 Å². The minimum Gasteiger partial charge on any atom is -0.492 e. The molecule has 0 radical (unpaired) electrons. The molecule has 33 heavy (non-hydrogen) atoms. The van der Waals surface area contributed by atoms with Crippen molar-refractivity contribution in [1.29, 1.82) is 0 Å². The predicted octanol–water partition coefficient (Wildman–Crippen LogP) is 4.54. The molecule has 1 saturated heterocycles. The lowest BCUT2D eigenvalue weighted by Crippen LogP contribution is -2.36. The summed E-state index contributed by atoms with van der Waals surface area (Å²) in [5.41, 5.74) is 4.06. The van der Waals surface area contributed by atoms with Crippen LogP contribution in [0.3, 0.4) is 0 Å². The summed E-state index contributed by atoms with van der Waals surface area (Å²) in [7, 11) is 0. The van der Waals surface area contributed by atoms with Crippen LogP contribution in [0.4, 0.5) is 11.4 Å². The van der Waals surface area contributed by atoms with Crippen LogP contribution >= 0.6 is 0 Å². The Balaban J connectivity index is 1.60. The fourth-order valence-electron chi connectivity index (χ4n) is 3.67. The molecule has 1 aliphatic heterocycles. The molecular weight excluding hydrogens is 422 g/mol. The van der Waals surface area contributed by atoms with Crippen LogP contribution in [-0.4, -0.2) is 50.6 Å². The van der Waals surface area contributed by atoms with Crippen LogP contribution in [-0.2, 0) is 4.74 Å². The molecular formula is C25H29N3O5. The third-order valence-corrected chi connectivity index (χ3v) is 5.34. The van der Waals surface area contributed by atoms with Crippen molar-refractivity contribution < 1.29 is 23.5 Å². The number of benzene rings is 2. The summed E-state index contributed by atoms with van der Waals surface area (Å²) in [6, 6.07) is 13.2. The van der Waals surface area contributed by atoms with Gasteiger partial charge in [-0.05, 0) is 20.8 Å². The molecule has 0 unspecified atom stereocenters. The number of rotatable bonds is 8. The van der Waals surface area contributed by atoms with Gasteiger partial charge in [0.25, 0.3) is 5.91 Å². The zero-order valence-corrected chi connectivity index (χ0v) is 19.2. The Morgan fingerprint density at radius 3 is 2.42 bits per heavy atom. The van der Waals surface area contributed by atoms with Gasteiger partial charge in [-0.15, -0.1) is 0 Å². The number of nitrogens with one attached hydrogen (secondary N) is 1. The number of anilines is 2. The lowest BCUT2D eigenvalue weighted by atomic mass is 10.1. The Morgan fingerprint density at radius 1 is 1.03 bits per heavy atom. The minimum absolute atomic E-state index is 0.114. The summed E-state index contributed by atoms with van der Waals surface area (Å²) in [4.78, 5) is 15.2. The number of morpholine rings is 1. The minimum atomic E-state index is -0.414. The number of carbonyl (C=O) groups excluding carboxylic acids is 1. The number of nitrogens with zero attached hydrogens (tertiary/aromatic N) is 2. The van der Waals surface area contributed by atoms with Crippen molar-refractivity contribution in [3.63, 3.8) is 0 Å². The molecule has 1 N–H and O–H groups in total. The first-order valence-corrected chi connectivity index (χ1v) is 11.2. The van der Waals surface area contributed by atoms with Gasteiger partial charge in [-0.25, -0.2) is 0 Å². The highest BCUT2D eigenvalue weighted by atomic mass is 16.5. The van der Waals surface area contributed by atoms with Crippen LogP contribution in [0, 0.1) is 6.92 Å². The van der Waals surface area contributed by atoms with Crippen LogP contribution in [0.2, 0.25) is 0 Å². The van der Waals surface area contributed by atoms with E-state index in [9.17, 15) is 4.79 Å². The standard InChI is InChI=1S/C25H29N3O5/c1-4-31-22-16-21(28-10-12-30-13-11-28)23(32-5-2)15-20(22)26-25(29)24-14-19(27-33-24)18-8-6-17(3)7-9-18/h6-9,14-16H,4-5,10-13H2,1-3H3,(H,26,29). The van der Waals surface area contributed by atoms with Crippen molar-refractivity contribution in [2.45, 2.75) is 20.8 Å². The molecule has 0 spiro atoms. The molecule has 2 heterocycles. The van der Waals surface area contributed by atoms with E-state index < -0.39 is 5.91 Å². The first kappa shape index (κ1) is 22.7. The third-order valence-electron chi connectivity index (χ3n) is 5.34. The predicted molar refractivity (Wildman–Crippen MR) is 126 cm³/mol. The molecule has 8 heteroatoms. The summed E-state index contributed by atoms with van der Waals surface area (Å²) >= 11 is 0. The fourth-order valence-corrected chi connectivity index (χ4v) is 3.67. The first-order valence-electron chi connectivity index (χ1n) is 11.2. The van der Waals surface area contributed by atoms with E-state index in [4.69, 9.17) is 18.7 Å². The lowest BCUT2D eigenvalue weighted by molar-refractivity contribution is 0.0987. The molecule has 1 amide bonds. The maximum atomic E-state index is 13.0. The average molecular weight is 452 g/mol. The topological polar surface area (TPSA) is 86.1 Å². The maximum absolute atomic E-state index is 13.0. The third kappa shape index (κ3) is 5.28. The van der Waals surface area contributed by atoms with Crippen LogP contribution in [0.5, 0.6) is 11.5 Å². The first-order chi connectivity index (χ1) is 16.1. The second-order valence-corrected chi connectivity index (χ2v) is 7.68. The zero-order valence-electron chi connectivity index (χ0n) is 19.2. The van der Waals surface area contributed by atoms with E-state index in [0.29, 0.717) is 49.3 Å². The maximum Gasteiger partial charge on any atom is 0.294 e. The largest absolute Gasteiger partial charge is 0.492 e. The van der Waals surface area contributed by atoms with Crippen molar-refractivity contribution in [2.24, 2.45) is 0 Å². The zero-order chi connectivity index (χ0) is 23.2. The van der Waals surface area contributed by atoms with Gasteiger partial charge in [-0.2, -0.15) is 0 Å². The Hall–Kier alpha value is -3.52. The van der Waals surface area contributed by atoms with Gasteiger partial charge in [0.1, 0.15) is 17.2 Å². The molecule has 0 bridgehead atoms. The fraction of sp³-hybridized carbons (Fsp3) is 0.360. The number of carbonyl (C=O) groups is 1. The number of aryl methyl sites for hydroxylation is 1. The second-order valence-electron chi connectivity index (χ2n) is 7.68. The number of hydrogen-bond acceptors (Lipinski definition) is 7. The summed E-state index contributed by atoms with van der Waals surface area (Å²) in [5, 5.41) is 6.94. The summed E-state index contributed by atoms with van der Waals surface area (Å²) in [6.45, 7) is 9.64. The summed E-state index contributed by atoms with van der Waals surface area (Å²) in [5.74, 6) is 0.941. The van der Waals surface area contributed by atoms with Gasteiger partial charge in [0.2, 0.25) is 5.76 Å². The molecule has 174 valence electrons. The van der Waals surface area contributed by atoms with Crippen LogP contribution in [0.15, 0.2) is 47.0 Å². The molecule has 0 aliphatic carbocycles. The van der Waals surface area contributed by atoms with E-state index >= 15 is 0 Å². The Kier molecular flexibility index (Phi) is 7.14. The Morgan fingerprint density at radius 2 is 1.73 bits per heavy atom. The quantitative estimate of drug-likeness (QED) is 0.538. The highest BCUT2D eigenvalue weighted by molar-refractivity contribution is 6.04. The molecule has 8 nitrogen and oxygen atoms in total. The molecule has 2 aromatic carbocycles. The smallest absolute Gasteiger partial charge is 0.294 e. The van der Waals surface area contributed by atoms with Crippen molar-refractivity contribution in [2.75, 3.05) is 49.7 Å². The van der Waals surface area contributed by atoms with E-state index in [1.165, 1.54) is 0 Å². The summed E-state index contributed by atoms with van der Waals surface area (Å²) < 4.78 is 22.5. The number of aromatic nitrogens is 1.